The average Bonchev–Trinajstić information content (AvgIpc) is 2.79. The van der Waals surface area contributed by atoms with Crippen molar-refractivity contribution in [2.24, 2.45) is 0 Å². The number of aldehydes is 1. The summed E-state index contributed by atoms with van der Waals surface area (Å²) in [5.41, 5.74) is 7.95. The first-order valence-electron chi connectivity index (χ1n) is 10.5. The Morgan fingerprint density at radius 2 is 1.81 bits per heavy atom. The molecule has 3 rings (SSSR count). The highest BCUT2D eigenvalue weighted by atomic mass is 35.5. The maximum absolute atomic E-state index is 10.6. The van der Waals surface area contributed by atoms with Gasteiger partial charge in [0, 0.05) is 11.6 Å². The summed E-state index contributed by atoms with van der Waals surface area (Å²) in [6.45, 7) is 2.74. The van der Waals surface area contributed by atoms with Gasteiger partial charge in [-0.1, -0.05) is 35.9 Å². The van der Waals surface area contributed by atoms with Gasteiger partial charge in [-0.3, -0.25) is 10.9 Å². The van der Waals surface area contributed by atoms with Crippen LogP contribution in [0.3, 0.4) is 0 Å². The van der Waals surface area contributed by atoms with Crippen molar-refractivity contribution < 1.29 is 29.6 Å². The van der Waals surface area contributed by atoms with Crippen LogP contribution in [0.2, 0.25) is 5.02 Å². The molecule has 1 fully saturated rings. The highest BCUT2D eigenvalue weighted by Crippen LogP contribution is 2.34. The Morgan fingerprint density at radius 3 is 2.50 bits per heavy atom. The van der Waals surface area contributed by atoms with Crippen LogP contribution in [-0.2, 0) is 16.0 Å². The molecule has 5 N–H and O–H groups in total. The van der Waals surface area contributed by atoms with E-state index in [0.717, 1.165) is 16.9 Å². The summed E-state index contributed by atoms with van der Waals surface area (Å²) < 4.78 is 11.4. The molecular weight excluding hydrogens is 436 g/mol. The van der Waals surface area contributed by atoms with Crippen LogP contribution in [0.5, 0.6) is 5.75 Å². The van der Waals surface area contributed by atoms with E-state index in [1.165, 1.54) is 0 Å². The van der Waals surface area contributed by atoms with Gasteiger partial charge in [0.15, 0.2) is 0 Å². The van der Waals surface area contributed by atoms with Crippen molar-refractivity contribution in [3.05, 3.63) is 64.2 Å². The highest BCUT2D eigenvalue weighted by Gasteiger charge is 2.44. The van der Waals surface area contributed by atoms with E-state index in [0.29, 0.717) is 29.9 Å². The maximum Gasteiger partial charge on any atom is 0.135 e. The number of hydrogen-bond acceptors (Lipinski definition) is 8. The topological polar surface area (TPSA) is 120 Å². The molecule has 9 heteroatoms. The minimum Gasteiger partial charge on any atom is -0.494 e. The molecule has 0 radical (unpaired) electrons. The first kappa shape index (κ1) is 24.6. The Kier molecular flexibility index (Phi) is 9.01. The number of benzene rings is 2. The van der Waals surface area contributed by atoms with Crippen LogP contribution in [-0.4, -0.2) is 65.7 Å². The molecule has 1 aliphatic heterocycles. The molecule has 174 valence electrons. The summed E-state index contributed by atoms with van der Waals surface area (Å²) >= 11 is 6.42. The van der Waals surface area contributed by atoms with Crippen LogP contribution in [0.4, 0.5) is 0 Å². The minimum absolute atomic E-state index is 0.0868. The fourth-order valence-electron chi connectivity index (χ4n) is 3.68. The largest absolute Gasteiger partial charge is 0.494 e. The van der Waals surface area contributed by atoms with E-state index in [9.17, 15) is 20.1 Å². The van der Waals surface area contributed by atoms with Crippen LogP contribution in [0.1, 0.15) is 29.7 Å². The molecule has 8 nitrogen and oxygen atoms in total. The van der Waals surface area contributed by atoms with Crippen LogP contribution in [0.25, 0.3) is 0 Å². The van der Waals surface area contributed by atoms with E-state index < -0.39 is 30.5 Å². The molecule has 0 spiro atoms. The number of rotatable bonds is 10. The van der Waals surface area contributed by atoms with Crippen molar-refractivity contribution in [1.29, 1.82) is 0 Å². The van der Waals surface area contributed by atoms with Gasteiger partial charge in [-0.2, -0.15) is 0 Å². The summed E-state index contributed by atoms with van der Waals surface area (Å²) in [5, 5.41) is 31.8. The molecule has 1 saturated heterocycles. The number of nitrogens with one attached hydrogen (secondary N) is 2. The molecule has 0 saturated carbocycles. The molecule has 2 aromatic rings. The minimum atomic E-state index is -1.39. The average molecular weight is 465 g/mol. The Hall–Kier alpha value is -2.04. The number of halogens is 1. The predicted molar refractivity (Wildman–Crippen MR) is 120 cm³/mol. The zero-order valence-electron chi connectivity index (χ0n) is 17.8. The molecule has 0 amide bonds. The van der Waals surface area contributed by atoms with Gasteiger partial charge in [0.25, 0.3) is 0 Å². The second-order valence-electron chi connectivity index (χ2n) is 7.60. The standard InChI is InChI=1S/C23H29ClN2O6/c1-2-31-17-6-3-14(4-7-17)11-16-12-15(5-8-18(16)24)23-22(30)21(29)20(28)19(32-23)13-26-25-9-10-27/h3-8,10,12,19-23,25-26,28-30H,2,9,11,13H2,1H3. The van der Waals surface area contributed by atoms with Crippen molar-refractivity contribution in [3.8, 4) is 5.75 Å². The van der Waals surface area contributed by atoms with E-state index in [1.54, 1.807) is 12.1 Å². The van der Waals surface area contributed by atoms with Crippen LogP contribution < -0.4 is 15.6 Å². The second kappa shape index (κ2) is 11.7. The lowest BCUT2D eigenvalue weighted by Crippen LogP contribution is -2.57. The van der Waals surface area contributed by atoms with Gasteiger partial charge < -0.3 is 29.6 Å². The van der Waals surface area contributed by atoms with Gasteiger partial charge in [0.2, 0.25) is 0 Å². The van der Waals surface area contributed by atoms with Gasteiger partial charge in [-0.05, 0) is 48.2 Å². The van der Waals surface area contributed by atoms with Crippen molar-refractivity contribution in [2.45, 2.75) is 43.9 Å². The predicted octanol–water partition coefficient (Wildman–Crippen LogP) is 1.15. The molecule has 0 aromatic heterocycles. The monoisotopic (exact) mass is 464 g/mol. The van der Waals surface area contributed by atoms with Crippen molar-refractivity contribution in [3.63, 3.8) is 0 Å². The zero-order valence-corrected chi connectivity index (χ0v) is 18.5. The third-order valence-electron chi connectivity index (χ3n) is 5.35. The fourth-order valence-corrected chi connectivity index (χ4v) is 3.86. The number of aliphatic hydroxyl groups excluding tert-OH is 3. The SMILES string of the molecule is CCOc1ccc(Cc2cc(C3OC(CNNCC=O)C(O)C(O)C3O)ccc2Cl)cc1. The highest BCUT2D eigenvalue weighted by molar-refractivity contribution is 6.31. The lowest BCUT2D eigenvalue weighted by Gasteiger charge is -2.41. The number of ether oxygens (including phenoxy) is 2. The second-order valence-corrected chi connectivity index (χ2v) is 8.01. The first-order valence-corrected chi connectivity index (χ1v) is 10.9. The molecule has 32 heavy (non-hydrogen) atoms. The molecular formula is C23H29ClN2O6. The van der Waals surface area contributed by atoms with Gasteiger partial charge in [-0.15, -0.1) is 0 Å². The Labute approximate surface area is 192 Å². The van der Waals surface area contributed by atoms with Crippen molar-refractivity contribution in [1.82, 2.24) is 10.9 Å². The molecule has 1 heterocycles. The lowest BCUT2D eigenvalue weighted by molar-refractivity contribution is -0.223. The van der Waals surface area contributed by atoms with Gasteiger partial charge in [-0.25, -0.2) is 0 Å². The molecule has 2 aromatic carbocycles. The van der Waals surface area contributed by atoms with E-state index >= 15 is 0 Å². The smallest absolute Gasteiger partial charge is 0.135 e. The molecule has 5 unspecified atom stereocenters. The summed E-state index contributed by atoms with van der Waals surface area (Å²) in [4.78, 5) is 10.4. The number of hydrogen-bond donors (Lipinski definition) is 5. The Morgan fingerprint density at radius 1 is 1.06 bits per heavy atom. The fraction of sp³-hybridized carbons (Fsp3) is 0.435. The van der Waals surface area contributed by atoms with Crippen LogP contribution >= 0.6 is 11.6 Å². The van der Waals surface area contributed by atoms with Crippen molar-refractivity contribution >= 4 is 17.9 Å². The third-order valence-corrected chi connectivity index (χ3v) is 5.72. The number of carbonyl (C=O) groups excluding carboxylic acids is 1. The summed E-state index contributed by atoms with van der Waals surface area (Å²) in [5.74, 6) is 0.796. The normalized spacial score (nSPS) is 25.5. The van der Waals surface area contributed by atoms with E-state index in [-0.39, 0.29) is 13.1 Å². The zero-order chi connectivity index (χ0) is 23.1. The van der Waals surface area contributed by atoms with Gasteiger partial charge >= 0.3 is 0 Å². The molecule has 1 aliphatic rings. The Bertz CT molecular complexity index is 881. The van der Waals surface area contributed by atoms with Gasteiger partial charge in [0.05, 0.1) is 13.2 Å². The molecule has 5 atom stereocenters. The van der Waals surface area contributed by atoms with E-state index in [1.807, 2.05) is 37.3 Å². The van der Waals surface area contributed by atoms with Gasteiger partial charge in [0.1, 0.15) is 42.6 Å². The quantitative estimate of drug-likeness (QED) is 0.202. The van der Waals surface area contributed by atoms with E-state index in [4.69, 9.17) is 21.1 Å². The van der Waals surface area contributed by atoms with Crippen LogP contribution in [0.15, 0.2) is 42.5 Å². The van der Waals surface area contributed by atoms with Crippen LogP contribution in [0, 0.1) is 0 Å². The van der Waals surface area contributed by atoms with Crippen molar-refractivity contribution in [2.75, 3.05) is 19.7 Å². The third kappa shape index (κ3) is 6.05. The first-order chi connectivity index (χ1) is 15.4. The summed E-state index contributed by atoms with van der Waals surface area (Å²) in [6.07, 6.45) is -4.41. The molecule has 0 aliphatic carbocycles. The Balaban J connectivity index is 1.76. The number of carbonyl (C=O) groups is 1. The lowest BCUT2D eigenvalue weighted by atomic mass is 9.90. The molecule has 0 bridgehead atoms. The van der Waals surface area contributed by atoms with E-state index in [2.05, 4.69) is 10.9 Å². The number of hydrazine groups is 1. The summed E-state index contributed by atoms with van der Waals surface area (Å²) in [7, 11) is 0. The maximum atomic E-state index is 10.6. The number of aliphatic hydroxyl groups is 3. The summed E-state index contributed by atoms with van der Waals surface area (Å²) in [6, 6.07) is 13.0.